The normalized spacial score (nSPS) is 12.2. The number of benzene rings is 2. The van der Waals surface area contributed by atoms with E-state index >= 15 is 0 Å². The van der Waals surface area contributed by atoms with Crippen LogP contribution >= 0.6 is 0 Å². The monoisotopic (exact) mass is 373 g/mol. The molecule has 2 aromatic carbocycles. The molecular formula is C20H27N3O4. The molecule has 0 aliphatic heterocycles. The van der Waals surface area contributed by atoms with E-state index in [0.29, 0.717) is 42.0 Å². The Hall–Kier alpha value is -3.09. The molecule has 0 saturated carbocycles. The second kappa shape index (κ2) is 10.2. The summed E-state index contributed by atoms with van der Waals surface area (Å²) in [5.74, 6) is 3.07. The van der Waals surface area contributed by atoms with Gasteiger partial charge in [-0.25, -0.2) is 4.99 Å². The van der Waals surface area contributed by atoms with E-state index in [2.05, 4.69) is 10.3 Å². The second-order valence-corrected chi connectivity index (χ2v) is 5.85. The van der Waals surface area contributed by atoms with Gasteiger partial charge in [-0.1, -0.05) is 18.2 Å². The third-order valence-corrected chi connectivity index (χ3v) is 3.85. The van der Waals surface area contributed by atoms with Gasteiger partial charge < -0.3 is 30.0 Å². The molecule has 0 saturated heterocycles. The lowest BCUT2D eigenvalue weighted by molar-refractivity contribution is 0.214. The average molecular weight is 373 g/mol. The molecule has 7 nitrogen and oxygen atoms in total. The van der Waals surface area contributed by atoms with Crippen molar-refractivity contribution in [1.82, 2.24) is 5.32 Å². The van der Waals surface area contributed by atoms with Gasteiger partial charge in [0, 0.05) is 0 Å². The second-order valence-electron chi connectivity index (χ2n) is 5.85. The Balaban J connectivity index is 1.86. The molecule has 0 amide bonds. The number of nitrogens with zero attached hydrogens (tertiary/aromatic N) is 1. The highest BCUT2D eigenvalue weighted by Gasteiger charge is 2.09. The van der Waals surface area contributed by atoms with Gasteiger partial charge in [-0.2, -0.15) is 0 Å². The van der Waals surface area contributed by atoms with E-state index in [1.54, 1.807) is 21.3 Å². The molecule has 0 spiro atoms. The molecule has 0 heterocycles. The number of ether oxygens (including phenoxy) is 4. The van der Waals surface area contributed by atoms with Gasteiger partial charge >= 0.3 is 0 Å². The number of para-hydroxylation sites is 2. The van der Waals surface area contributed by atoms with Crippen LogP contribution in [0.2, 0.25) is 0 Å². The van der Waals surface area contributed by atoms with Crippen LogP contribution in [0.5, 0.6) is 23.0 Å². The van der Waals surface area contributed by atoms with Gasteiger partial charge in [-0.3, -0.25) is 0 Å². The zero-order chi connectivity index (χ0) is 19.6. The number of nitrogens with one attached hydrogen (secondary N) is 1. The topological polar surface area (TPSA) is 87.3 Å². The first-order valence-electron chi connectivity index (χ1n) is 8.61. The fraction of sp³-hybridized carbons (Fsp3) is 0.350. The summed E-state index contributed by atoms with van der Waals surface area (Å²) < 4.78 is 21.7. The molecule has 1 atom stereocenters. The molecule has 7 heteroatoms. The van der Waals surface area contributed by atoms with Crippen molar-refractivity contribution in [3.63, 3.8) is 0 Å². The molecular weight excluding hydrogens is 346 g/mol. The van der Waals surface area contributed by atoms with Gasteiger partial charge in [0.05, 0.1) is 34.4 Å². The molecule has 3 N–H and O–H groups in total. The van der Waals surface area contributed by atoms with E-state index in [-0.39, 0.29) is 6.10 Å². The fourth-order valence-corrected chi connectivity index (χ4v) is 2.43. The van der Waals surface area contributed by atoms with Crippen molar-refractivity contribution >= 4 is 5.96 Å². The first-order valence-corrected chi connectivity index (χ1v) is 8.61. The molecule has 0 radical (unpaired) electrons. The predicted molar refractivity (Wildman–Crippen MR) is 106 cm³/mol. The Morgan fingerprint density at radius 1 is 0.963 bits per heavy atom. The average Bonchev–Trinajstić information content (AvgIpc) is 2.70. The summed E-state index contributed by atoms with van der Waals surface area (Å²) in [7, 11) is 4.82. The van der Waals surface area contributed by atoms with Crippen LogP contribution in [0, 0.1) is 0 Å². The van der Waals surface area contributed by atoms with Crippen molar-refractivity contribution in [2.24, 2.45) is 10.7 Å². The van der Waals surface area contributed by atoms with Gasteiger partial charge in [0.15, 0.2) is 29.0 Å². The molecule has 27 heavy (non-hydrogen) atoms. The van der Waals surface area contributed by atoms with Crippen LogP contribution in [-0.4, -0.2) is 39.9 Å². The van der Waals surface area contributed by atoms with E-state index < -0.39 is 0 Å². The Morgan fingerprint density at radius 3 is 2.26 bits per heavy atom. The zero-order valence-electron chi connectivity index (χ0n) is 16.2. The largest absolute Gasteiger partial charge is 0.493 e. The number of hydrogen-bond donors (Lipinski definition) is 2. The maximum atomic E-state index is 5.95. The van der Waals surface area contributed by atoms with Gasteiger partial charge in [-0.05, 0) is 36.8 Å². The first-order chi connectivity index (χ1) is 13.1. The van der Waals surface area contributed by atoms with Gasteiger partial charge in [0.25, 0.3) is 0 Å². The third kappa shape index (κ3) is 5.99. The van der Waals surface area contributed by atoms with E-state index in [4.69, 9.17) is 24.7 Å². The first kappa shape index (κ1) is 20.2. The lowest BCUT2D eigenvalue weighted by Crippen LogP contribution is -2.38. The lowest BCUT2D eigenvalue weighted by atomic mass is 10.2. The summed E-state index contributed by atoms with van der Waals surface area (Å²) in [6.45, 7) is 2.89. The molecule has 2 rings (SSSR count). The fourth-order valence-electron chi connectivity index (χ4n) is 2.43. The number of methoxy groups -OCH3 is 3. The minimum atomic E-state index is -0.115. The van der Waals surface area contributed by atoms with Crippen LogP contribution in [0.25, 0.3) is 0 Å². The van der Waals surface area contributed by atoms with Gasteiger partial charge in [0.2, 0.25) is 0 Å². The van der Waals surface area contributed by atoms with E-state index in [0.717, 1.165) is 5.56 Å². The zero-order valence-corrected chi connectivity index (χ0v) is 16.2. The summed E-state index contributed by atoms with van der Waals surface area (Å²) >= 11 is 0. The van der Waals surface area contributed by atoms with E-state index in [1.165, 1.54) is 0 Å². The van der Waals surface area contributed by atoms with Crippen molar-refractivity contribution in [2.45, 2.75) is 19.6 Å². The smallest absolute Gasteiger partial charge is 0.189 e. The maximum absolute atomic E-state index is 5.95. The minimum Gasteiger partial charge on any atom is -0.493 e. The van der Waals surface area contributed by atoms with Crippen molar-refractivity contribution in [1.29, 1.82) is 0 Å². The van der Waals surface area contributed by atoms with Crippen molar-refractivity contribution in [3.05, 3.63) is 48.0 Å². The maximum Gasteiger partial charge on any atom is 0.189 e. The van der Waals surface area contributed by atoms with Crippen LogP contribution in [0.15, 0.2) is 47.5 Å². The molecule has 1 unspecified atom stereocenters. The Kier molecular flexibility index (Phi) is 7.61. The highest BCUT2D eigenvalue weighted by atomic mass is 16.5. The summed E-state index contributed by atoms with van der Waals surface area (Å²) in [5, 5.41) is 3.07. The molecule has 2 aromatic rings. The van der Waals surface area contributed by atoms with Crippen molar-refractivity contribution in [3.8, 4) is 23.0 Å². The van der Waals surface area contributed by atoms with E-state index in [1.807, 2.05) is 49.4 Å². The summed E-state index contributed by atoms with van der Waals surface area (Å²) in [6.07, 6.45) is -0.115. The summed E-state index contributed by atoms with van der Waals surface area (Å²) in [6, 6.07) is 13.2. The molecule has 146 valence electrons. The number of guanidine groups is 1. The van der Waals surface area contributed by atoms with E-state index in [9.17, 15) is 0 Å². The Labute approximate surface area is 160 Å². The highest BCUT2D eigenvalue weighted by Crippen LogP contribution is 2.28. The Morgan fingerprint density at radius 2 is 1.59 bits per heavy atom. The van der Waals surface area contributed by atoms with Crippen LogP contribution < -0.4 is 30.0 Å². The number of nitrogens with two attached hydrogens (primary N) is 1. The predicted octanol–water partition coefficient (Wildman–Crippen LogP) is 2.58. The molecule has 0 fully saturated rings. The molecule has 0 bridgehead atoms. The number of hydrogen-bond acceptors (Lipinski definition) is 5. The summed E-state index contributed by atoms with van der Waals surface area (Å²) in [5.41, 5.74) is 6.92. The standard InChI is InChI=1S/C20H27N3O4/c1-14(27-18-8-6-5-7-16(18)24-2)12-22-20(21)23-13-15-9-10-17(25-3)19(11-15)26-4/h5-11,14H,12-13H2,1-4H3,(H3,21,22,23). The number of aliphatic imine (C=N–C) groups is 1. The molecule has 0 aliphatic rings. The van der Waals surface area contributed by atoms with Gasteiger partial charge in [-0.15, -0.1) is 0 Å². The van der Waals surface area contributed by atoms with Crippen LogP contribution in [0.3, 0.4) is 0 Å². The Bertz CT molecular complexity index is 765. The lowest BCUT2D eigenvalue weighted by Gasteiger charge is -2.17. The summed E-state index contributed by atoms with van der Waals surface area (Å²) in [4.78, 5) is 4.34. The van der Waals surface area contributed by atoms with Crippen LogP contribution in [0.4, 0.5) is 0 Å². The molecule has 0 aliphatic carbocycles. The quantitative estimate of drug-likeness (QED) is 0.519. The number of rotatable bonds is 9. The van der Waals surface area contributed by atoms with Crippen molar-refractivity contribution < 1.29 is 18.9 Å². The van der Waals surface area contributed by atoms with Crippen molar-refractivity contribution in [2.75, 3.05) is 27.9 Å². The van der Waals surface area contributed by atoms with Crippen LogP contribution in [-0.2, 0) is 6.54 Å². The van der Waals surface area contributed by atoms with Gasteiger partial charge in [0.1, 0.15) is 6.10 Å². The SMILES string of the molecule is COc1ccc(CN=C(N)NCC(C)Oc2ccccc2OC)cc1OC. The highest BCUT2D eigenvalue weighted by molar-refractivity contribution is 5.77. The minimum absolute atomic E-state index is 0.115. The van der Waals surface area contributed by atoms with Crippen LogP contribution in [0.1, 0.15) is 12.5 Å². The third-order valence-electron chi connectivity index (χ3n) is 3.85. The molecule has 0 aromatic heterocycles.